The topological polar surface area (TPSA) is 61.3 Å². The summed E-state index contributed by atoms with van der Waals surface area (Å²) in [6.45, 7) is 4.94. The molecule has 0 bridgehead atoms. The lowest BCUT2D eigenvalue weighted by Gasteiger charge is -2.33. The SMILES string of the molecule is CC1CNCCN1c1ncc(O)cn1. The third-order valence-electron chi connectivity index (χ3n) is 2.38. The maximum atomic E-state index is 9.07. The van der Waals surface area contributed by atoms with E-state index >= 15 is 0 Å². The number of nitrogens with zero attached hydrogens (tertiary/aromatic N) is 3. The van der Waals surface area contributed by atoms with Gasteiger partial charge in [-0.2, -0.15) is 0 Å². The average molecular weight is 194 g/mol. The molecule has 1 saturated heterocycles. The Morgan fingerprint density at radius 1 is 1.50 bits per heavy atom. The number of hydrogen-bond donors (Lipinski definition) is 2. The van der Waals surface area contributed by atoms with Crippen molar-refractivity contribution in [2.45, 2.75) is 13.0 Å². The van der Waals surface area contributed by atoms with Crippen molar-refractivity contribution in [3.63, 3.8) is 0 Å². The lowest BCUT2D eigenvalue weighted by atomic mass is 10.2. The summed E-state index contributed by atoms with van der Waals surface area (Å²) in [6.07, 6.45) is 2.86. The van der Waals surface area contributed by atoms with Gasteiger partial charge in [0.2, 0.25) is 5.95 Å². The molecule has 1 unspecified atom stereocenters. The second-order valence-electron chi connectivity index (χ2n) is 3.49. The Morgan fingerprint density at radius 2 is 2.21 bits per heavy atom. The van der Waals surface area contributed by atoms with Gasteiger partial charge in [0.15, 0.2) is 5.75 Å². The first kappa shape index (κ1) is 9.21. The van der Waals surface area contributed by atoms with Gasteiger partial charge in [-0.1, -0.05) is 0 Å². The maximum absolute atomic E-state index is 9.07. The van der Waals surface area contributed by atoms with Gasteiger partial charge in [-0.05, 0) is 6.92 Å². The predicted molar refractivity (Wildman–Crippen MR) is 53.4 cm³/mol. The van der Waals surface area contributed by atoms with Crippen LogP contribution in [-0.2, 0) is 0 Å². The summed E-state index contributed by atoms with van der Waals surface area (Å²) < 4.78 is 0. The number of aromatic hydroxyl groups is 1. The molecular formula is C9H14N4O. The van der Waals surface area contributed by atoms with Crippen molar-refractivity contribution in [1.29, 1.82) is 0 Å². The molecule has 5 nitrogen and oxygen atoms in total. The molecule has 76 valence electrons. The van der Waals surface area contributed by atoms with E-state index in [4.69, 9.17) is 5.11 Å². The van der Waals surface area contributed by atoms with Crippen LogP contribution in [0.5, 0.6) is 5.75 Å². The molecule has 1 atom stereocenters. The van der Waals surface area contributed by atoms with Crippen molar-refractivity contribution in [2.75, 3.05) is 24.5 Å². The second kappa shape index (κ2) is 3.79. The van der Waals surface area contributed by atoms with E-state index in [1.54, 1.807) is 0 Å². The summed E-state index contributed by atoms with van der Waals surface area (Å²) in [6, 6.07) is 0.397. The van der Waals surface area contributed by atoms with E-state index in [2.05, 4.69) is 27.1 Å². The van der Waals surface area contributed by atoms with Crippen molar-refractivity contribution >= 4 is 5.95 Å². The standard InChI is InChI=1S/C9H14N4O/c1-7-4-10-2-3-13(7)9-11-5-8(14)6-12-9/h5-7,10,14H,2-4H2,1H3. The van der Waals surface area contributed by atoms with Gasteiger partial charge < -0.3 is 15.3 Å². The van der Waals surface area contributed by atoms with Crippen LogP contribution < -0.4 is 10.2 Å². The fourth-order valence-corrected chi connectivity index (χ4v) is 1.60. The molecule has 1 fully saturated rings. The minimum Gasteiger partial charge on any atom is -0.505 e. The van der Waals surface area contributed by atoms with E-state index in [0.29, 0.717) is 12.0 Å². The molecule has 5 heteroatoms. The van der Waals surface area contributed by atoms with Crippen molar-refractivity contribution in [3.8, 4) is 5.75 Å². The highest BCUT2D eigenvalue weighted by atomic mass is 16.3. The largest absolute Gasteiger partial charge is 0.505 e. The van der Waals surface area contributed by atoms with E-state index in [9.17, 15) is 0 Å². The lowest BCUT2D eigenvalue weighted by Crippen LogP contribution is -2.50. The van der Waals surface area contributed by atoms with Crippen LogP contribution in [0.2, 0.25) is 0 Å². The predicted octanol–water partition coefficient (Wildman–Crippen LogP) is -0.0197. The number of rotatable bonds is 1. The number of aromatic nitrogens is 2. The Bertz CT molecular complexity index is 300. The van der Waals surface area contributed by atoms with E-state index in [1.165, 1.54) is 12.4 Å². The minimum absolute atomic E-state index is 0.108. The molecule has 0 aromatic carbocycles. The monoisotopic (exact) mass is 194 g/mol. The Morgan fingerprint density at radius 3 is 2.86 bits per heavy atom. The summed E-state index contributed by atoms with van der Waals surface area (Å²) in [4.78, 5) is 10.3. The van der Waals surface area contributed by atoms with Crippen LogP contribution in [0.15, 0.2) is 12.4 Å². The lowest BCUT2D eigenvalue weighted by molar-refractivity contribution is 0.465. The van der Waals surface area contributed by atoms with Crippen LogP contribution in [0.4, 0.5) is 5.95 Å². The smallest absolute Gasteiger partial charge is 0.225 e. The van der Waals surface area contributed by atoms with Crippen molar-refractivity contribution < 1.29 is 5.11 Å². The van der Waals surface area contributed by atoms with Gasteiger partial charge in [0, 0.05) is 25.7 Å². The molecule has 1 aromatic rings. The molecule has 0 spiro atoms. The van der Waals surface area contributed by atoms with Crippen LogP contribution >= 0.6 is 0 Å². The molecule has 0 saturated carbocycles. The van der Waals surface area contributed by atoms with Crippen LogP contribution in [0.1, 0.15) is 6.92 Å². The molecule has 0 amide bonds. The number of nitrogens with one attached hydrogen (secondary N) is 1. The van der Waals surface area contributed by atoms with Crippen LogP contribution in [-0.4, -0.2) is 40.8 Å². The first-order valence-electron chi connectivity index (χ1n) is 4.76. The molecule has 1 aliphatic heterocycles. The van der Waals surface area contributed by atoms with Crippen LogP contribution in [0, 0.1) is 0 Å². The fourth-order valence-electron chi connectivity index (χ4n) is 1.60. The Hall–Kier alpha value is -1.36. The highest BCUT2D eigenvalue weighted by molar-refractivity contribution is 5.33. The number of hydrogen-bond acceptors (Lipinski definition) is 5. The van der Waals surface area contributed by atoms with E-state index in [1.807, 2.05) is 0 Å². The van der Waals surface area contributed by atoms with Gasteiger partial charge >= 0.3 is 0 Å². The number of piperazine rings is 1. The highest BCUT2D eigenvalue weighted by Crippen LogP contribution is 2.14. The van der Waals surface area contributed by atoms with E-state index < -0.39 is 0 Å². The normalized spacial score (nSPS) is 22.4. The summed E-state index contributed by atoms with van der Waals surface area (Å²) in [5.41, 5.74) is 0. The molecule has 1 aromatic heterocycles. The zero-order valence-electron chi connectivity index (χ0n) is 8.14. The Labute approximate surface area is 82.8 Å². The summed E-state index contributed by atoms with van der Waals surface area (Å²) in [7, 11) is 0. The van der Waals surface area contributed by atoms with Crippen LogP contribution in [0.25, 0.3) is 0 Å². The quantitative estimate of drug-likeness (QED) is 0.658. The van der Waals surface area contributed by atoms with Gasteiger partial charge in [0.1, 0.15) is 0 Å². The fraction of sp³-hybridized carbons (Fsp3) is 0.556. The van der Waals surface area contributed by atoms with Gasteiger partial charge in [-0.15, -0.1) is 0 Å². The van der Waals surface area contributed by atoms with Gasteiger partial charge in [-0.25, -0.2) is 9.97 Å². The average Bonchev–Trinajstić information content (AvgIpc) is 2.20. The van der Waals surface area contributed by atoms with E-state index in [-0.39, 0.29) is 5.75 Å². The zero-order chi connectivity index (χ0) is 9.97. The second-order valence-corrected chi connectivity index (χ2v) is 3.49. The summed E-state index contributed by atoms with van der Waals surface area (Å²) in [5.74, 6) is 0.799. The van der Waals surface area contributed by atoms with Gasteiger partial charge in [0.05, 0.1) is 12.4 Å². The molecule has 14 heavy (non-hydrogen) atoms. The molecule has 0 aliphatic carbocycles. The van der Waals surface area contributed by atoms with E-state index in [0.717, 1.165) is 19.6 Å². The zero-order valence-corrected chi connectivity index (χ0v) is 8.14. The summed E-state index contributed by atoms with van der Waals surface area (Å²) >= 11 is 0. The van der Waals surface area contributed by atoms with Crippen molar-refractivity contribution in [1.82, 2.24) is 15.3 Å². The first-order valence-corrected chi connectivity index (χ1v) is 4.76. The van der Waals surface area contributed by atoms with Crippen LogP contribution in [0.3, 0.4) is 0 Å². The Kier molecular flexibility index (Phi) is 2.49. The molecule has 2 rings (SSSR count). The van der Waals surface area contributed by atoms with Gasteiger partial charge in [0.25, 0.3) is 0 Å². The van der Waals surface area contributed by atoms with Gasteiger partial charge in [-0.3, -0.25) is 0 Å². The maximum Gasteiger partial charge on any atom is 0.225 e. The Balaban J connectivity index is 2.16. The molecule has 2 N–H and O–H groups in total. The van der Waals surface area contributed by atoms with Crippen molar-refractivity contribution in [3.05, 3.63) is 12.4 Å². The third-order valence-corrected chi connectivity index (χ3v) is 2.38. The van der Waals surface area contributed by atoms with Crippen molar-refractivity contribution in [2.24, 2.45) is 0 Å². The summed E-state index contributed by atoms with van der Waals surface area (Å²) in [5, 5.41) is 12.4. The minimum atomic E-state index is 0.108. The molecular weight excluding hydrogens is 180 g/mol. The highest BCUT2D eigenvalue weighted by Gasteiger charge is 2.19. The molecule has 2 heterocycles. The molecule has 1 aliphatic rings. The number of anilines is 1. The first-order chi connectivity index (χ1) is 6.77. The molecule has 0 radical (unpaired) electrons. The third kappa shape index (κ3) is 1.77.